The van der Waals surface area contributed by atoms with Crippen molar-refractivity contribution in [3.63, 3.8) is 0 Å². The van der Waals surface area contributed by atoms with Crippen LogP contribution in [-0.4, -0.2) is 48.5 Å². The van der Waals surface area contributed by atoms with E-state index < -0.39 is 0 Å². The number of aromatic nitrogens is 1. The Bertz CT molecular complexity index is 619. The van der Waals surface area contributed by atoms with E-state index in [4.69, 9.17) is 0 Å². The SMILES string of the molecule is CCN1CCN(c2ccc(CNC(=O)c3cccs3)cn2)CC1. The Kier molecular flexibility index (Phi) is 5.25. The fourth-order valence-corrected chi connectivity index (χ4v) is 3.32. The molecule has 3 heterocycles. The minimum atomic E-state index is -0.0280. The third kappa shape index (κ3) is 4.09. The Morgan fingerprint density at radius 3 is 2.70 bits per heavy atom. The van der Waals surface area contributed by atoms with Gasteiger partial charge in [-0.05, 0) is 29.6 Å². The highest BCUT2D eigenvalue weighted by Crippen LogP contribution is 2.14. The Hall–Kier alpha value is -1.92. The summed E-state index contributed by atoms with van der Waals surface area (Å²) in [6.45, 7) is 8.06. The van der Waals surface area contributed by atoms with Crippen molar-refractivity contribution < 1.29 is 4.79 Å². The van der Waals surface area contributed by atoms with E-state index in [0.717, 1.165) is 49.0 Å². The van der Waals surface area contributed by atoms with E-state index in [1.54, 1.807) is 0 Å². The van der Waals surface area contributed by atoms with Crippen LogP contribution in [0.5, 0.6) is 0 Å². The first-order valence-corrected chi connectivity index (χ1v) is 8.88. The standard InChI is InChI=1S/C17H22N4OS/c1-2-20-7-9-21(10-8-20)16-6-5-14(12-18-16)13-19-17(22)15-4-3-11-23-15/h3-6,11-12H,2,7-10,13H2,1H3,(H,19,22). The quantitative estimate of drug-likeness (QED) is 0.913. The van der Waals surface area contributed by atoms with Gasteiger partial charge < -0.3 is 15.1 Å². The van der Waals surface area contributed by atoms with Crippen LogP contribution >= 0.6 is 11.3 Å². The minimum Gasteiger partial charge on any atom is -0.354 e. The highest BCUT2D eigenvalue weighted by atomic mass is 32.1. The number of anilines is 1. The van der Waals surface area contributed by atoms with Crippen molar-refractivity contribution in [1.29, 1.82) is 0 Å². The second-order valence-corrected chi connectivity index (χ2v) is 6.55. The number of hydrogen-bond donors (Lipinski definition) is 1. The molecule has 0 spiro atoms. The number of likely N-dealkylation sites (N-methyl/N-ethyl adjacent to an activating group) is 1. The Morgan fingerprint density at radius 1 is 1.26 bits per heavy atom. The lowest BCUT2D eigenvalue weighted by atomic mass is 10.2. The summed E-state index contributed by atoms with van der Waals surface area (Å²) in [5, 5.41) is 4.83. The molecule has 23 heavy (non-hydrogen) atoms. The number of carbonyl (C=O) groups excluding carboxylic acids is 1. The Morgan fingerprint density at radius 2 is 2.09 bits per heavy atom. The predicted octanol–water partition coefficient (Wildman–Crippen LogP) is 2.21. The number of carbonyl (C=O) groups is 1. The summed E-state index contributed by atoms with van der Waals surface area (Å²) in [5.41, 5.74) is 1.02. The molecule has 5 nitrogen and oxygen atoms in total. The molecule has 3 rings (SSSR count). The minimum absolute atomic E-state index is 0.0280. The fourth-order valence-electron chi connectivity index (χ4n) is 2.68. The first-order chi connectivity index (χ1) is 11.3. The average Bonchev–Trinajstić information content (AvgIpc) is 3.15. The molecule has 1 fully saturated rings. The zero-order valence-corrected chi connectivity index (χ0v) is 14.2. The molecule has 1 amide bonds. The molecule has 0 aromatic carbocycles. The summed E-state index contributed by atoms with van der Waals surface area (Å²) in [6, 6.07) is 7.81. The predicted molar refractivity (Wildman–Crippen MR) is 94.1 cm³/mol. The van der Waals surface area contributed by atoms with Crippen LogP contribution in [0.1, 0.15) is 22.2 Å². The van der Waals surface area contributed by atoms with Crippen molar-refractivity contribution in [1.82, 2.24) is 15.2 Å². The van der Waals surface area contributed by atoms with Gasteiger partial charge in [-0.25, -0.2) is 4.98 Å². The third-order valence-corrected chi connectivity index (χ3v) is 5.02. The van der Waals surface area contributed by atoms with Crippen molar-refractivity contribution in [2.75, 3.05) is 37.6 Å². The van der Waals surface area contributed by atoms with Crippen LogP contribution in [-0.2, 0) is 6.54 Å². The van der Waals surface area contributed by atoms with Crippen LogP contribution in [0.2, 0.25) is 0 Å². The molecule has 0 radical (unpaired) electrons. The van der Waals surface area contributed by atoms with Crippen LogP contribution in [0.25, 0.3) is 0 Å². The molecule has 0 aliphatic carbocycles. The molecular weight excluding hydrogens is 308 g/mol. The largest absolute Gasteiger partial charge is 0.354 e. The molecule has 2 aromatic heterocycles. The summed E-state index contributed by atoms with van der Waals surface area (Å²) < 4.78 is 0. The number of pyridine rings is 1. The van der Waals surface area contributed by atoms with Crippen LogP contribution in [0.3, 0.4) is 0 Å². The molecule has 1 saturated heterocycles. The van der Waals surface area contributed by atoms with Crippen molar-refractivity contribution in [3.8, 4) is 0 Å². The molecule has 2 aromatic rings. The highest BCUT2D eigenvalue weighted by Gasteiger charge is 2.16. The first-order valence-electron chi connectivity index (χ1n) is 8.00. The van der Waals surface area contributed by atoms with Gasteiger partial charge in [0, 0.05) is 38.9 Å². The van der Waals surface area contributed by atoms with Crippen molar-refractivity contribution in [2.45, 2.75) is 13.5 Å². The fraction of sp³-hybridized carbons (Fsp3) is 0.412. The topological polar surface area (TPSA) is 48.5 Å². The third-order valence-electron chi connectivity index (χ3n) is 4.15. The van der Waals surface area contributed by atoms with Crippen LogP contribution < -0.4 is 10.2 Å². The van der Waals surface area contributed by atoms with Crippen molar-refractivity contribution in [3.05, 3.63) is 46.3 Å². The van der Waals surface area contributed by atoms with Gasteiger partial charge in [0.05, 0.1) is 4.88 Å². The summed E-state index contributed by atoms with van der Waals surface area (Å²) in [5.74, 6) is 0.994. The molecule has 0 bridgehead atoms. The maximum atomic E-state index is 11.9. The summed E-state index contributed by atoms with van der Waals surface area (Å²) in [4.78, 5) is 22.0. The van der Waals surface area contributed by atoms with E-state index in [0.29, 0.717) is 6.54 Å². The number of piperazine rings is 1. The van der Waals surface area contributed by atoms with Crippen LogP contribution in [0, 0.1) is 0 Å². The molecule has 0 unspecified atom stereocenters. The summed E-state index contributed by atoms with van der Waals surface area (Å²) in [6.07, 6.45) is 1.86. The monoisotopic (exact) mass is 330 g/mol. The van der Waals surface area contributed by atoms with Gasteiger partial charge in [-0.3, -0.25) is 4.79 Å². The number of thiophene rings is 1. The van der Waals surface area contributed by atoms with Crippen LogP contribution in [0.15, 0.2) is 35.8 Å². The lowest BCUT2D eigenvalue weighted by molar-refractivity contribution is 0.0955. The summed E-state index contributed by atoms with van der Waals surface area (Å²) in [7, 11) is 0. The number of amides is 1. The van der Waals surface area contributed by atoms with Crippen LogP contribution in [0.4, 0.5) is 5.82 Å². The Labute approximate surface area is 140 Å². The van der Waals surface area contributed by atoms with E-state index in [9.17, 15) is 4.79 Å². The van der Waals surface area contributed by atoms with Crippen molar-refractivity contribution in [2.24, 2.45) is 0 Å². The summed E-state index contributed by atoms with van der Waals surface area (Å²) >= 11 is 1.45. The second-order valence-electron chi connectivity index (χ2n) is 5.61. The number of hydrogen-bond acceptors (Lipinski definition) is 5. The van der Waals surface area contributed by atoms with E-state index in [2.05, 4.69) is 27.0 Å². The van der Waals surface area contributed by atoms with Gasteiger partial charge in [0.25, 0.3) is 5.91 Å². The van der Waals surface area contributed by atoms with E-state index in [1.807, 2.05) is 35.8 Å². The van der Waals surface area contributed by atoms with Gasteiger partial charge in [0.2, 0.25) is 0 Å². The highest BCUT2D eigenvalue weighted by molar-refractivity contribution is 7.12. The molecule has 1 aliphatic rings. The van der Waals surface area contributed by atoms with E-state index in [-0.39, 0.29) is 5.91 Å². The number of nitrogens with zero attached hydrogens (tertiary/aromatic N) is 3. The van der Waals surface area contributed by atoms with E-state index in [1.165, 1.54) is 11.3 Å². The van der Waals surface area contributed by atoms with Crippen molar-refractivity contribution >= 4 is 23.1 Å². The lowest BCUT2D eigenvalue weighted by Crippen LogP contribution is -2.46. The second kappa shape index (κ2) is 7.57. The molecular formula is C17H22N4OS. The first kappa shape index (κ1) is 16.0. The molecule has 122 valence electrons. The average molecular weight is 330 g/mol. The normalized spacial score (nSPS) is 15.6. The Balaban J connectivity index is 1.52. The molecule has 0 saturated carbocycles. The molecule has 1 N–H and O–H groups in total. The maximum absolute atomic E-state index is 11.9. The van der Waals surface area contributed by atoms with Gasteiger partial charge in [0.15, 0.2) is 0 Å². The van der Waals surface area contributed by atoms with Gasteiger partial charge in [-0.15, -0.1) is 11.3 Å². The molecule has 0 atom stereocenters. The van der Waals surface area contributed by atoms with Gasteiger partial charge in [-0.2, -0.15) is 0 Å². The maximum Gasteiger partial charge on any atom is 0.261 e. The molecule has 1 aliphatic heterocycles. The lowest BCUT2D eigenvalue weighted by Gasteiger charge is -2.34. The van der Waals surface area contributed by atoms with Gasteiger partial charge in [-0.1, -0.05) is 19.1 Å². The van der Waals surface area contributed by atoms with Gasteiger partial charge >= 0.3 is 0 Å². The zero-order valence-electron chi connectivity index (χ0n) is 13.4. The number of nitrogens with one attached hydrogen (secondary N) is 1. The zero-order chi connectivity index (χ0) is 16.1. The van der Waals surface area contributed by atoms with Gasteiger partial charge in [0.1, 0.15) is 5.82 Å². The number of rotatable bonds is 5. The van der Waals surface area contributed by atoms with E-state index >= 15 is 0 Å². The molecule has 6 heteroatoms. The smallest absolute Gasteiger partial charge is 0.261 e.